The Morgan fingerprint density at radius 2 is 1.84 bits per heavy atom. The van der Waals surface area contributed by atoms with Gasteiger partial charge in [0.25, 0.3) is 5.91 Å². The number of aromatic nitrogens is 4. The summed E-state index contributed by atoms with van der Waals surface area (Å²) in [5.74, 6) is 5.58. The monoisotopic (exact) mass is 450 g/mol. The molecule has 0 saturated heterocycles. The van der Waals surface area contributed by atoms with Crippen molar-refractivity contribution in [1.82, 2.24) is 30.9 Å². The average Bonchev–Trinajstić information content (AvgIpc) is 3.50. The molecule has 1 aromatic carbocycles. The molecule has 11 nitrogen and oxygen atoms in total. The maximum atomic E-state index is 11.9. The smallest absolute Gasteiger partial charge is 0.320 e. The number of amides is 3. The quantitative estimate of drug-likeness (QED) is 0.198. The van der Waals surface area contributed by atoms with Crippen molar-refractivity contribution in [3.05, 3.63) is 53.7 Å². The molecule has 12 heteroatoms. The predicted octanol–water partition coefficient (Wildman–Crippen LogP) is 2.67. The molecule has 3 aromatic heterocycles. The minimum absolute atomic E-state index is 0.209. The van der Waals surface area contributed by atoms with E-state index in [0.717, 1.165) is 16.9 Å². The van der Waals surface area contributed by atoms with Gasteiger partial charge < -0.3 is 9.73 Å². The molecule has 4 aromatic rings. The summed E-state index contributed by atoms with van der Waals surface area (Å²) in [6.45, 7) is 2.27. The average molecular weight is 450 g/mol. The lowest BCUT2D eigenvalue weighted by Gasteiger charge is -2.08. The lowest BCUT2D eigenvalue weighted by Crippen LogP contribution is -2.29. The lowest BCUT2D eigenvalue weighted by molar-refractivity contribution is 0.0957. The van der Waals surface area contributed by atoms with E-state index in [0.29, 0.717) is 33.4 Å². The van der Waals surface area contributed by atoms with Crippen molar-refractivity contribution in [2.45, 2.75) is 6.92 Å². The molecule has 0 saturated carbocycles. The number of anilines is 1. The van der Waals surface area contributed by atoms with Crippen LogP contribution >= 0.6 is 11.3 Å². The number of nitrogens with two attached hydrogens (primary N) is 1. The fraction of sp³-hybridized carbons (Fsp3) is 0.100. The first-order valence-electron chi connectivity index (χ1n) is 9.50. The van der Waals surface area contributed by atoms with Gasteiger partial charge in [0.2, 0.25) is 11.8 Å². The molecule has 0 atom stereocenters. The minimum Gasteiger partial charge on any atom is -0.416 e. The van der Waals surface area contributed by atoms with Gasteiger partial charge in [-0.05, 0) is 25.1 Å². The molecule has 0 bridgehead atoms. The summed E-state index contributed by atoms with van der Waals surface area (Å²) in [7, 11) is 0. The Labute approximate surface area is 186 Å². The number of thiazole rings is 1. The number of hydrazine groups is 1. The molecule has 0 aliphatic heterocycles. The molecular weight excluding hydrogens is 432 g/mol. The van der Waals surface area contributed by atoms with Crippen molar-refractivity contribution >= 4 is 29.1 Å². The van der Waals surface area contributed by atoms with Crippen LogP contribution in [0.5, 0.6) is 0 Å². The van der Waals surface area contributed by atoms with Gasteiger partial charge in [-0.15, -0.1) is 21.5 Å². The molecule has 3 heterocycles. The summed E-state index contributed by atoms with van der Waals surface area (Å²) in [4.78, 5) is 32.7. The number of pyridine rings is 1. The summed E-state index contributed by atoms with van der Waals surface area (Å²) < 4.78 is 5.90. The number of hydrogen-bond acceptors (Lipinski definition) is 9. The Bertz CT molecular complexity index is 1250. The van der Waals surface area contributed by atoms with Gasteiger partial charge in [-0.3, -0.25) is 15.5 Å². The number of urea groups is 1. The number of rotatable bonds is 6. The van der Waals surface area contributed by atoms with E-state index in [1.165, 1.54) is 12.4 Å². The van der Waals surface area contributed by atoms with Crippen LogP contribution in [-0.2, 0) is 0 Å². The van der Waals surface area contributed by atoms with Gasteiger partial charge >= 0.3 is 6.03 Å². The molecule has 0 spiro atoms. The second-order valence-electron chi connectivity index (χ2n) is 6.38. The second-order valence-corrected chi connectivity index (χ2v) is 7.41. The van der Waals surface area contributed by atoms with Crippen molar-refractivity contribution in [1.29, 1.82) is 0 Å². The zero-order chi connectivity index (χ0) is 22.5. The first kappa shape index (κ1) is 21.1. The molecule has 0 aliphatic rings. The molecule has 162 valence electrons. The summed E-state index contributed by atoms with van der Waals surface area (Å²) in [5.41, 5.74) is 3.89. The molecular formula is C20H18N8O3S. The van der Waals surface area contributed by atoms with Crippen LogP contribution in [0.1, 0.15) is 16.6 Å². The Balaban J connectivity index is 1.77. The summed E-state index contributed by atoms with van der Waals surface area (Å²) in [5, 5.41) is 14.1. The highest BCUT2D eigenvalue weighted by molar-refractivity contribution is 7.17. The van der Waals surface area contributed by atoms with E-state index >= 15 is 0 Å². The van der Waals surface area contributed by atoms with Crippen molar-refractivity contribution in [3.63, 3.8) is 0 Å². The molecule has 0 radical (unpaired) electrons. The number of nitrogens with zero attached hydrogens (tertiary/aromatic N) is 4. The van der Waals surface area contributed by atoms with Crippen LogP contribution in [0.3, 0.4) is 0 Å². The van der Waals surface area contributed by atoms with Crippen molar-refractivity contribution in [2.24, 2.45) is 5.84 Å². The van der Waals surface area contributed by atoms with Crippen molar-refractivity contribution in [3.8, 4) is 33.5 Å². The van der Waals surface area contributed by atoms with Gasteiger partial charge in [-0.2, -0.15) is 0 Å². The number of nitrogen functional groups attached to an aromatic ring is 1. The highest BCUT2D eigenvalue weighted by Gasteiger charge is 2.20. The Morgan fingerprint density at radius 3 is 2.59 bits per heavy atom. The van der Waals surface area contributed by atoms with Crippen LogP contribution in [-0.4, -0.2) is 38.6 Å². The highest BCUT2D eigenvalue weighted by Crippen LogP contribution is 2.35. The van der Waals surface area contributed by atoms with E-state index in [-0.39, 0.29) is 11.7 Å². The van der Waals surface area contributed by atoms with E-state index in [1.54, 1.807) is 6.07 Å². The fourth-order valence-corrected chi connectivity index (χ4v) is 3.64. The number of nitrogens with one attached hydrogen (secondary N) is 3. The maximum Gasteiger partial charge on any atom is 0.320 e. The molecule has 4 rings (SSSR count). The standard InChI is InChI=1S/C20H18N8O3S/c1-2-22-20(30)25-15-8-12(18-28-27-17(31-18)11-6-4-3-5-7-11)13(9-23-15)19-24-10-14(32-19)16(29)26-21/h3-10H,2,21H2,1H3,(H,26,29)(H2,22,23,25,30). The van der Waals surface area contributed by atoms with Crippen molar-refractivity contribution < 1.29 is 14.0 Å². The van der Waals surface area contributed by atoms with E-state index in [4.69, 9.17) is 10.3 Å². The van der Waals surface area contributed by atoms with Gasteiger partial charge in [-0.1, -0.05) is 18.2 Å². The van der Waals surface area contributed by atoms with Crippen LogP contribution in [0.2, 0.25) is 0 Å². The Kier molecular flexibility index (Phi) is 6.14. The maximum absolute atomic E-state index is 11.9. The van der Waals surface area contributed by atoms with Crippen molar-refractivity contribution in [2.75, 3.05) is 11.9 Å². The van der Waals surface area contributed by atoms with E-state index in [1.807, 2.05) is 37.3 Å². The third-order valence-corrected chi connectivity index (χ3v) is 5.28. The Hall–Kier alpha value is -4.16. The molecule has 3 amide bonds. The Morgan fingerprint density at radius 1 is 1.06 bits per heavy atom. The molecule has 0 unspecified atom stereocenters. The zero-order valence-electron chi connectivity index (χ0n) is 16.8. The molecule has 32 heavy (non-hydrogen) atoms. The third kappa shape index (κ3) is 4.45. The molecule has 0 aliphatic carbocycles. The van der Waals surface area contributed by atoms with Crippen LogP contribution in [0.4, 0.5) is 10.6 Å². The van der Waals surface area contributed by atoms with Gasteiger partial charge in [0.05, 0.1) is 11.8 Å². The second kappa shape index (κ2) is 9.32. The van der Waals surface area contributed by atoms with E-state index in [2.05, 4.69) is 36.2 Å². The fourth-order valence-electron chi connectivity index (χ4n) is 2.80. The predicted molar refractivity (Wildman–Crippen MR) is 118 cm³/mol. The van der Waals surface area contributed by atoms with Crippen LogP contribution in [0, 0.1) is 0 Å². The minimum atomic E-state index is -0.457. The number of hydrogen-bond donors (Lipinski definition) is 4. The van der Waals surface area contributed by atoms with Gasteiger partial charge in [0.15, 0.2) is 0 Å². The third-order valence-electron chi connectivity index (χ3n) is 4.25. The van der Waals surface area contributed by atoms with Gasteiger partial charge in [-0.25, -0.2) is 20.6 Å². The number of carbonyl (C=O) groups is 2. The largest absolute Gasteiger partial charge is 0.416 e. The first-order valence-corrected chi connectivity index (χ1v) is 10.3. The molecule has 5 N–H and O–H groups in total. The summed E-state index contributed by atoms with van der Waals surface area (Å²) >= 11 is 1.13. The topological polar surface area (TPSA) is 161 Å². The lowest BCUT2D eigenvalue weighted by atomic mass is 10.1. The van der Waals surface area contributed by atoms with Gasteiger partial charge in [0.1, 0.15) is 15.7 Å². The van der Waals surface area contributed by atoms with Crippen LogP contribution < -0.4 is 21.9 Å². The van der Waals surface area contributed by atoms with E-state index in [9.17, 15) is 9.59 Å². The number of carbonyl (C=O) groups excluding carboxylic acids is 2. The molecule has 0 fully saturated rings. The first-order chi connectivity index (χ1) is 15.6. The van der Waals surface area contributed by atoms with Crippen LogP contribution in [0.25, 0.3) is 33.5 Å². The van der Waals surface area contributed by atoms with E-state index < -0.39 is 11.9 Å². The van der Waals surface area contributed by atoms with Gasteiger partial charge in [0, 0.05) is 23.9 Å². The SMILES string of the molecule is CCNC(=O)Nc1cc(-c2nnc(-c3ccccc3)o2)c(-c2ncc(C(=O)NN)s2)cn1. The summed E-state index contributed by atoms with van der Waals surface area (Å²) in [6, 6.07) is 10.5. The van der Waals surface area contributed by atoms with Crippen LogP contribution in [0.15, 0.2) is 53.2 Å². The zero-order valence-corrected chi connectivity index (χ0v) is 17.6. The normalized spacial score (nSPS) is 10.6. The summed E-state index contributed by atoms with van der Waals surface area (Å²) in [6.07, 6.45) is 2.93. The highest BCUT2D eigenvalue weighted by atomic mass is 32.1. The number of benzene rings is 1.